The standard InChI is InChI=1S/C10H18N2O4/c1-3-15-10(16-4-2)5-6(8(11)13)7(10)9(12)14/h6-7H,3-5H2,1-2H3,(H2,11,13)(H2,12,14). The zero-order chi connectivity index (χ0) is 12.3. The van der Waals surface area contributed by atoms with Gasteiger partial charge in [0.15, 0.2) is 5.79 Å². The summed E-state index contributed by atoms with van der Waals surface area (Å²) in [5.74, 6) is -3.59. The molecule has 92 valence electrons. The van der Waals surface area contributed by atoms with Gasteiger partial charge < -0.3 is 20.9 Å². The van der Waals surface area contributed by atoms with Gasteiger partial charge in [0, 0.05) is 19.6 Å². The van der Waals surface area contributed by atoms with Gasteiger partial charge in [-0.15, -0.1) is 0 Å². The summed E-state index contributed by atoms with van der Waals surface area (Å²) < 4.78 is 10.9. The molecule has 2 unspecified atom stereocenters. The second-order valence-electron chi connectivity index (χ2n) is 3.77. The topological polar surface area (TPSA) is 105 Å². The van der Waals surface area contributed by atoms with Crippen LogP contribution in [-0.4, -0.2) is 30.8 Å². The summed E-state index contributed by atoms with van der Waals surface area (Å²) in [5, 5.41) is 0. The second-order valence-corrected chi connectivity index (χ2v) is 3.77. The maximum absolute atomic E-state index is 11.3. The normalized spacial score (nSPS) is 27.1. The third-order valence-corrected chi connectivity index (χ3v) is 2.83. The number of carbonyl (C=O) groups is 2. The number of nitrogens with two attached hydrogens (primary N) is 2. The van der Waals surface area contributed by atoms with Crippen LogP contribution in [0.5, 0.6) is 0 Å². The average molecular weight is 230 g/mol. The highest BCUT2D eigenvalue weighted by Crippen LogP contribution is 2.47. The van der Waals surface area contributed by atoms with E-state index in [4.69, 9.17) is 20.9 Å². The van der Waals surface area contributed by atoms with Crippen molar-refractivity contribution in [2.24, 2.45) is 23.3 Å². The quantitative estimate of drug-likeness (QED) is 0.592. The highest BCUT2D eigenvalue weighted by molar-refractivity contribution is 5.89. The van der Waals surface area contributed by atoms with E-state index in [1.54, 1.807) is 13.8 Å². The molecule has 1 aliphatic carbocycles. The molecular weight excluding hydrogens is 212 g/mol. The molecule has 1 rings (SSSR count). The smallest absolute Gasteiger partial charge is 0.226 e. The lowest BCUT2D eigenvalue weighted by Crippen LogP contribution is -2.65. The van der Waals surface area contributed by atoms with Crippen LogP contribution < -0.4 is 11.5 Å². The lowest BCUT2D eigenvalue weighted by atomic mass is 9.66. The van der Waals surface area contributed by atoms with Crippen molar-refractivity contribution >= 4 is 11.8 Å². The number of hydrogen-bond donors (Lipinski definition) is 2. The van der Waals surface area contributed by atoms with Crippen LogP contribution in [0, 0.1) is 11.8 Å². The summed E-state index contributed by atoms with van der Waals surface area (Å²) in [6.07, 6.45) is 0.289. The molecule has 0 aromatic carbocycles. The van der Waals surface area contributed by atoms with E-state index < -0.39 is 29.4 Å². The Morgan fingerprint density at radius 2 is 1.69 bits per heavy atom. The van der Waals surface area contributed by atoms with E-state index in [0.29, 0.717) is 13.2 Å². The van der Waals surface area contributed by atoms with Gasteiger partial charge in [0.2, 0.25) is 11.8 Å². The van der Waals surface area contributed by atoms with Crippen molar-refractivity contribution in [3.8, 4) is 0 Å². The molecule has 0 aromatic rings. The minimum Gasteiger partial charge on any atom is -0.369 e. The molecule has 2 amide bonds. The number of hydrogen-bond acceptors (Lipinski definition) is 4. The van der Waals surface area contributed by atoms with Crippen molar-refractivity contribution in [3.63, 3.8) is 0 Å². The Morgan fingerprint density at radius 3 is 2.00 bits per heavy atom. The Balaban J connectivity index is 2.86. The lowest BCUT2D eigenvalue weighted by molar-refractivity contribution is -0.314. The number of rotatable bonds is 6. The fourth-order valence-corrected chi connectivity index (χ4v) is 2.20. The van der Waals surface area contributed by atoms with E-state index >= 15 is 0 Å². The van der Waals surface area contributed by atoms with Gasteiger partial charge in [-0.05, 0) is 13.8 Å². The van der Waals surface area contributed by atoms with Gasteiger partial charge in [-0.2, -0.15) is 0 Å². The van der Waals surface area contributed by atoms with Gasteiger partial charge in [0.1, 0.15) is 5.92 Å². The molecule has 1 saturated carbocycles. The average Bonchev–Trinajstić information content (AvgIpc) is 2.12. The Hall–Kier alpha value is -1.14. The van der Waals surface area contributed by atoms with Crippen LogP contribution in [0.1, 0.15) is 20.3 Å². The molecule has 16 heavy (non-hydrogen) atoms. The molecule has 0 heterocycles. The first-order valence-electron chi connectivity index (χ1n) is 5.35. The molecule has 1 fully saturated rings. The van der Waals surface area contributed by atoms with Gasteiger partial charge in [-0.3, -0.25) is 9.59 Å². The van der Waals surface area contributed by atoms with Gasteiger partial charge in [0.25, 0.3) is 0 Å². The van der Waals surface area contributed by atoms with E-state index in [2.05, 4.69) is 0 Å². The molecular formula is C10H18N2O4. The molecule has 0 spiro atoms. The van der Waals surface area contributed by atoms with E-state index in [-0.39, 0.29) is 6.42 Å². The zero-order valence-corrected chi connectivity index (χ0v) is 9.56. The second kappa shape index (κ2) is 4.80. The largest absolute Gasteiger partial charge is 0.369 e. The minimum absolute atomic E-state index is 0.289. The predicted octanol–water partition coefficient (Wildman–Crippen LogP) is -0.638. The molecule has 2 atom stereocenters. The number of primary amides is 2. The van der Waals surface area contributed by atoms with Crippen molar-refractivity contribution in [2.75, 3.05) is 13.2 Å². The molecule has 0 aromatic heterocycles. The lowest BCUT2D eigenvalue weighted by Gasteiger charge is -2.50. The first-order chi connectivity index (χ1) is 7.48. The SMILES string of the molecule is CCOC1(OCC)CC(C(N)=O)C1C(N)=O. The van der Waals surface area contributed by atoms with E-state index in [1.165, 1.54) is 0 Å². The van der Waals surface area contributed by atoms with Crippen molar-refractivity contribution < 1.29 is 19.1 Å². The molecule has 0 bridgehead atoms. The van der Waals surface area contributed by atoms with Crippen LogP contribution in [0.2, 0.25) is 0 Å². The van der Waals surface area contributed by atoms with Gasteiger partial charge in [-0.1, -0.05) is 0 Å². The molecule has 0 saturated heterocycles. The van der Waals surface area contributed by atoms with Crippen molar-refractivity contribution in [3.05, 3.63) is 0 Å². The van der Waals surface area contributed by atoms with Crippen LogP contribution in [0.25, 0.3) is 0 Å². The number of amides is 2. The summed E-state index contributed by atoms with van der Waals surface area (Å²) in [6, 6.07) is 0. The van der Waals surface area contributed by atoms with Crippen LogP contribution >= 0.6 is 0 Å². The molecule has 6 heteroatoms. The van der Waals surface area contributed by atoms with Crippen LogP contribution in [0.4, 0.5) is 0 Å². The molecule has 6 nitrogen and oxygen atoms in total. The van der Waals surface area contributed by atoms with E-state index in [1.807, 2.05) is 0 Å². The van der Waals surface area contributed by atoms with Crippen LogP contribution in [0.15, 0.2) is 0 Å². The Bertz CT molecular complexity index is 287. The van der Waals surface area contributed by atoms with E-state index in [9.17, 15) is 9.59 Å². The summed E-state index contributed by atoms with van der Waals surface area (Å²) >= 11 is 0. The van der Waals surface area contributed by atoms with Gasteiger partial charge in [0.05, 0.1) is 5.92 Å². The number of ether oxygens (including phenoxy) is 2. The molecule has 0 radical (unpaired) electrons. The minimum atomic E-state index is -1.06. The number of carbonyl (C=O) groups excluding carboxylic acids is 2. The van der Waals surface area contributed by atoms with Gasteiger partial charge in [-0.25, -0.2) is 0 Å². The highest BCUT2D eigenvalue weighted by atomic mass is 16.7. The third kappa shape index (κ3) is 2.03. The fourth-order valence-electron chi connectivity index (χ4n) is 2.20. The van der Waals surface area contributed by atoms with Crippen molar-refractivity contribution in [1.82, 2.24) is 0 Å². The maximum atomic E-state index is 11.3. The summed E-state index contributed by atoms with van der Waals surface area (Å²) in [7, 11) is 0. The van der Waals surface area contributed by atoms with E-state index in [0.717, 1.165) is 0 Å². The first kappa shape index (κ1) is 12.9. The Kier molecular flexibility index (Phi) is 3.88. The molecule has 0 aliphatic heterocycles. The maximum Gasteiger partial charge on any atom is 0.226 e. The fraction of sp³-hybridized carbons (Fsp3) is 0.800. The predicted molar refractivity (Wildman–Crippen MR) is 56.0 cm³/mol. The summed E-state index contributed by atoms with van der Waals surface area (Å²) in [6.45, 7) is 4.34. The van der Waals surface area contributed by atoms with Crippen LogP contribution in [0.3, 0.4) is 0 Å². The molecule has 1 aliphatic rings. The van der Waals surface area contributed by atoms with Crippen LogP contribution in [-0.2, 0) is 19.1 Å². The Morgan fingerprint density at radius 1 is 1.19 bits per heavy atom. The highest BCUT2D eigenvalue weighted by Gasteiger charge is 2.61. The van der Waals surface area contributed by atoms with Gasteiger partial charge >= 0.3 is 0 Å². The Labute approximate surface area is 94.2 Å². The van der Waals surface area contributed by atoms with Crippen molar-refractivity contribution in [2.45, 2.75) is 26.1 Å². The van der Waals surface area contributed by atoms with Crippen molar-refractivity contribution in [1.29, 1.82) is 0 Å². The zero-order valence-electron chi connectivity index (χ0n) is 9.56. The summed E-state index contributed by atoms with van der Waals surface area (Å²) in [5.41, 5.74) is 10.4. The summed E-state index contributed by atoms with van der Waals surface area (Å²) in [4.78, 5) is 22.4. The first-order valence-corrected chi connectivity index (χ1v) is 5.35. The molecule has 4 N–H and O–H groups in total. The monoisotopic (exact) mass is 230 g/mol. The third-order valence-electron chi connectivity index (χ3n) is 2.83.